The molecule has 1 aromatic rings. The number of Topliss-reactive ketones (excluding diaryl/α,β-unsaturated/α-hetero) is 1. The van der Waals surface area contributed by atoms with Crippen molar-refractivity contribution in [3.05, 3.63) is 21.9 Å². The number of unbranched alkanes of at least 4 members (excludes halogenated alkanes) is 5. The molecule has 0 amide bonds. The lowest BCUT2D eigenvalue weighted by molar-refractivity contribution is 0.0979. The molecule has 0 spiro atoms. The molecular weight excluding hydrogens is 216 g/mol. The predicted molar refractivity (Wildman–Crippen MR) is 71.4 cm³/mol. The third-order valence-electron chi connectivity index (χ3n) is 2.92. The standard InChI is InChI=1S/C14H22OS/c1-3-4-5-6-7-8-9-14(15)13-10-11-16-12(13)2/h10-11H,3-9H2,1-2H3. The highest BCUT2D eigenvalue weighted by Crippen LogP contribution is 2.18. The zero-order valence-corrected chi connectivity index (χ0v) is 11.2. The first-order chi connectivity index (χ1) is 7.75. The number of hydrogen-bond donors (Lipinski definition) is 0. The van der Waals surface area contributed by atoms with Gasteiger partial charge in [-0.25, -0.2) is 0 Å². The van der Waals surface area contributed by atoms with Crippen molar-refractivity contribution >= 4 is 17.1 Å². The Morgan fingerprint density at radius 1 is 1.19 bits per heavy atom. The summed E-state index contributed by atoms with van der Waals surface area (Å²) in [5.74, 6) is 0.328. The van der Waals surface area contributed by atoms with Crippen molar-refractivity contribution in [1.29, 1.82) is 0 Å². The summed E-state index contributed by atoms with van der Waals surface area (Å²) in [7, 11) is 0. The molecule has 0 saturated heterocycles. The summed E-state index contributed by atoms with van der Waals surface area (Å²) in [5, 5.41) is 2.00. The molecule has 1 aromatic heterocycles. The third-order valence-corrected chi connectivity index (χ3v) is 3.76. The van der Waals surface area contributed by atoms with E-state index >= 15 is 0 Å². The molecule has 0 saturated carbocycles. The molecule has 0 aromatic carbocycles. The zero-order valence-electron chi connectivity index (χ0n) is 10.4. The monoisotopic (exact) mass is 238 g/mol. The number of carbonyl (C=O) groups is 1. The molecule has 0 aliphatic rings. The van der Waals surface area contributed by atoms with Gasteiger partial charge in [0.25, 0.3) is 0 Å². The van der Waals surface area contributed by atoms with Crippen LogP contribution in [0, 0.1) is 6.92 Å². The van der Waals surface area contributed by atoms with Crippen LogP contribution in [0.5, 0.6) is 0 Å². The van der Waals surface area contributed by atoms with Crippen molar-refractivity contribution in [1.82, 2.24) is 0 Å². The second kappa shape index (κ2) is 7.61. The molecule has 0 aliphatic carbocycles. The Hall–Kier alpha value is -0.630. The summed E-state index contributed by atoms with van der Waals surface area (Å²) < 4.78 is 0. The van der Waals surface area contributed by atoms with Gasteiger partial charge in [-0.1, -0.05) is 39.0 Å². The van der Waals surface area contributed by atoms with Crippen LogP contribution in [0.2, 0.25) is 0 Å². The number of aryl methyl sites for hydroxylation is 1. The van der Waals surface area contributed by atoms with Crippen LogP contribution in [0.15, 0.2) is 11.4 Å². The van der Waals surface area contributed by atoms with E-state index in [1.54, 1.807) is 11.3 Å². The lowest BCUT2D eigenvalue weighted by Gasteiger charge is -2.01. The Balaban J connectivity index is 2.14. The highest BCUT2D eigenvalue weighted by Gasteiger charge is 2.08. The van der Waals surface area contributed by atoms with Crippen molar-refractivity contribution in [3.63, 3.8) is 0 Å². The van der Waals surface area contributed by atoms with E-state index in [4.69, 9.17) is 0 Å². The molecular formula is C14H22OS. The van der Waals surface area contributed by atoms with Crippen molar-refractivity contribution < 1.29 is 4.79 Å². The average molecular weight is 238 g/mol. The fraction of sp³-hybridized carbons (Fsp3) is 0.643. The lowest BCUT2D eigenvalue weighted by atomic mass is 10.0. The molecule has 0 N–H and O–H groups in total. The van der Waals surface area contributed by atoms with Crippen LogP contribution in [-0.4, -0.2) is 5.78 Å². The van der Waals surface area contributed by atoms with Crippen LogP contribution in [-0.2, 0) is 0 Å². The smallest absolute Gasteiger partial charge is 0.163 e. The van der Waals surface area contributed by atoms with E-state index in [0.29, 0.717) is 5.78 Å². The second-order valence-corrected chi connectivity index (χ2v) is 5.45. The number of thiophene rings is 1. The molecule has 1 nitrogen and oxygen atoms in total. The van der Waals surface area contributed by atoms with Crippen molar-refractivity contribution in [2.45, 2.75) is 58.8 Å². The average Bonchev–Trinajstić information content (AvgIpc) is 2.69. The summed E-state index contributed by atoms with van der Waals surface area (Å²) in [5.41, 5.74) is 0.943. The molecule has 0 radical (unpaired) electrons. The quantitative estimate of drug-likeness (QED) is 0.460. The molecule has 0 unspecified atom stereocenters. The van der Waals surface area contributed by atoms with Gasteiger partial charge in [0.2, 0.25) is 0 Å². The van der Waals surface area contributed by atoms with Crippen molar-refractivity contribution in [3.8, 4) is 0 Å². The van der Waals surface area contributed by atoms with Crippen LogP contribution in [0.4, 0.5) is 0 Å². The minimum absolute atomic E-state index is 0.328. The molecule has 1 rings (SSSR count). The Bertz CT molecular complexity index is 314. The summed E-state index contributed by atoms with van der Waals surface area (Å²) in [4.78, 5) is 13.0. The van der Waals surface area contributed by atoms with Crippen molar-refractivity contribution in [2.75, 3.05) is 0 Å². The van der Waals surface area contributed by atoms with E-state index in [-0.39, 0.29) is 0 Å². The first kappa shape index (κ1) is 13.4. The maximum Gasteiger partial charge on any atom is 0.163 e. The lowest BCUT2D eigenvalue weighted by Crippen LogP contribution is -1.98. The van der Waals surface area contributed by atoms with E-state index in [1.165, 1.54) is 32.1 Å². The highest BCUT2D eigenvalue weighted by atomic mass is 32.1. The van der Waals surface area contributed by atoms with Gasteiger partial charge in [0.05, 0.1) is 0 Å². The minimum Gasteiger partial charge on any atom is -0.294 e. The molecule has 0 fully saturated rings. The summed E-state index contributed by atoms with van der Waals surface area (Å²) in [6.07, 6.45) is 8.20. The van der Waals surface area contributed by atoms with Gasteiger partial charge in [0, 0.05) is 16.9 Å². The fourth-order valence-electron chi connectivity index (χ4n) is 1.87. The van der Waals surface area contributed by atoms with Gasteiger partial charge in [-0.05, 0) is 24.8 Å². The Morgan fingerprint density at radius 3 is 2.50 bits per heavy atom. The molecule has 0 bridgehead atoms. The second-order valence-electron chi connectivity index (χ2n) is 4.33. The molecule has 1 heterocycles. The van der Waals surface area contributed by atoms with Crippen molar-refractivity contribution in [2.24, 2.45) is 0 Å². The zero-order chi connectivity index (χ0) is 11.8. The normalized spacial score (nSPS) is 10.6. The number of ketones is 1. The van der Waals surface area contributed by atoms with Gasteiger partial charge in [0.1, 0.15) is 0 Å². The van der Waals surface area contributed by atoms with Gasteiger partial charge in [-0.3, -0.25) is 4.79 Å². The molecule has 90 valence electrons. The highest BCUT2D eigenvalue weighted by molar-refractivity contribution is 7.10. The molecule has 16 heavy (non-hydrogen) atoms. The van der Waals surface area contributed by atoms with E-state index in [2.05, 4.69) is 6.92 Å². The van der Waals surface area contributed by atoms with Gasteiger partial charge < -0.3 is 0 Å². The van der Waals surface area contributed by atoms with Gasteiger partial charge in [-0.15, -0.1) is 11.3 Å². The largest absolute Gasteiger partial charge is 0.294 e. The van der Waals surface area contributed by atoms with Gasteiger partial charge in [-0.2, -0.15) is 0 Å². The SMILES string of the molecule is CCCCCCCCC(=O)c1ccsc1C. The summed E-state index contributed by atoms with van der Waals surface area (Å²) >= 11 is 1.66. The van der Waals surface area contributed by atoms with E-state index in [1.807, 2.05) is 18.4 Å². The summed E-state index contributed by atoms with van der Waals surface area (Å²) in [6.45, 7) is 4.25. The van der Waals surface area contributed by atoms with Crippen LogP contribution >= 0.6 is 11.3 Å². The van der Waals surface area contributed by atoms with Crippen LogP contribution < -0.4 is 0 Å². The number of carbonyl (C=O) groups excluding carboxylic acids is 1. The minimum atomic E-state index is 0.328. The summed E-state index contributed by atoms with van der Waals surface area (Å²) in [6, 6.07) is 1.96. The molecule has 0 aliphatic heterocycles. The Kier molecular flexibility index (Phi) is 6.39. The molecule has 2 heteroatoms. The Morgan fingerprint density at radius 2 is 1.88 bits per heavy atom. The van der Waals surface area contributed by atoms with Crippen LogP contribution in [0.1, 0.15) is 67.1 Å². The number of hydrogen-bond acceptors (Lipinski definition) is 2. The Labute approximate surface area is 103 Å². The predicted octanol–water partition coefficient (Wildman–Crippen LogP) is 4.99. The first-order valence-electron chi connectivity index (χ1n) is 6.33. The third kappa shape index (κ3) is 4.48. The van der Waals surface area contributed by atoms with Gasteiger partial charge >= 0.3 is 0 Å². The van der Waals surface area contributed by atoms with Crippen LogP contribution in [0.3, 0.4) is 0 Å². The maximum absolute atomic E-state index is 11.8. The number of rotatable bonds is 8. The van der Waals surface area contributed by atoms with Crippen LogP contribution in [0.25, 0.3) is 0 Å². The molecule has 0 atom stereocenters. The maximum atomic E-state index is 11.8. The first-order valence-corrected chi connectivity index (χ1v) is 7.21. The topological polar surface area (TPSA) is 17.1 Å². The van der Waals surface area contributed by atoms with E-state index in [9.17, 15) is 4.79 Å². The van der Waals surface area contributed by atoms with E-state index < -0.39 is 0 Å². The van der Waals surface area contributed by atoms with E-state index in [0.717, 1.165) is 23.3 Å². The fourth-order valence-corrected chi connectivity index (χ4v) is 2.59. The van der Waals surface area contributed by atoms with Gasteiger partial charge in [0.15, 0.2) is 5.78 Å².